The minimum absolute atomic E-state index is 0.0979. The monoisotopic (exact) mass is 602 g/mol. The van der Waals surface area contributed by atoms with Gasteiger partial charge in [0.25, 0.3) is 5.91 Å². The summed E-state index contributed by atoms with van der Waals surface area (Å²) in [6.07, 6.45) is 14.3. The summed E-state index contributed by atoms with van der Waals surface area (Å²) in [5.74, 6) is 0.876. The number of unbranched alkanes of at least 4 members (excludes halogenated alkanes) is 1. The fourth-order valence-corrected chi connectivity index (χ4v) is 8.38. The maximum absolute atomic E-state index is 13.3. The molecule has 0 bridgehead atoms. The van der Waals surface area contributed by atoms with E-state index in [9.17, 15) is 18.0 Å². The molecule has 10 heteroatoms. The number of hydrogen-bond donors (Lipinski definition) is 1. The van der Waals surface area contributed by atoms with Crippen LogP contribution in [0.15, 0.2) is 24.3 Å². The molecule has 1 saturated carbocycles. The number of para-hydroxylation sites is 1. The second kappa shape index (κ2) is 13.5. The Morgan fingerprint density at radius 3 is 2.38 bits per heavy atom. The maximum atomic E-state index is 13.3. The van der Waals surface area contributed by atoms with Crippen molar-refractivity contribution >= 4 is 27.7 Å². The zero-order valence-corrected chi connectivity index (χ0v) is 26.4. The molecule has 3 saturated heterocycles. The van der Waals surface area contributed by atoms with Crippen LogP contribution in [0.5, 0.6) is 0 Å². The third kappa shape index (κ3) is 7.41. The van der Waals surface area contributed by atoms with E-state index < -0.39 is 10.0 Å². The van der Waals surface area contributed by atoms with Crippen LogP contribution in [0.1, 0.15) is 94.3 Å². The van der Waals surface area contributed by atoms with Crippen LogP contribution < -0.4 is 4.72 Å². The normalized spacial score (nSPS) is 24.5. The molecule has 1 unspecified atom stereocenters. The van der Waals surface area contributed by atoms with E-state index in [-0.39, 0.29) is 17.6 Å². The van der Waals surface area contributed by atoms with Crippen molar-refractivity contribution < 1.29 is 22.7 Å². The Labute approximate surface area is 252 Å². The lowest BCUT2D eigenvalue weighted by molar-refractivity contribution is -0.127. The largest absolute Gasteiger partial charge is 0.442 e. The first kappa shape index (κ1) is 31.1. The van der Waals surface area contributed by atoms with Crippen molar-refractivity contribution in [2.24, 2.45) is 11.8 Å². The number of sulfonamides is 1. The summed E-state index contributed by atoms with van der Waals surface area (Å²) in [6.45, 7) is 7.05. The van der Waals surface area contributed by atoms with E-state index in [0.717, 1.165) is 71.0 Å². The molecule has 3 heterocycles. The second-order valence-corrected chi connectivity index (χ2v) is 14.9. The molecule has 4 fully saturated rings. The number of nitrogens with zero attached hydrogens (tertiary/aromatic N) is 3. The third-order valence-corrected chi connectivity index (χ3v) is 10.8. The highest BCUT2D eigenvalue weighted by Gasteiger charge is 2.50. The Morgan fingerprint density at radius 1 is 1.02 bits per heavy atom. The molecule has 9 nitrogen and oxygen atoms in total. The van der Waals surface area contributed by atoms with Crippen molar-refractivity contribution in [3.8, 4) is 0 Å². The van der Waals surface area contributed by atoms with E-state index in [1.807, 2.05) is 9.80 Å². The summed E-state index contributed by atoms with van der Waals surface area (Å²) in [6, 6.07) is 7.20. The molecular formula is C32H50N4O5S. The third-order valence-electron chi connectivity index (χ3n) is 10.2. The minimum Gasteiger partial charge on any atom is -0.442 e. The molecule has 3 aliphatic heterocycles. The summed E-state index contributed by atoms with van der Waals surface area (Å²) >= 11 is 0. The number of nitrogens with one attached hydrogen (secondary N) is 1. The highest BCUT2D eigenvalue weighted by molar-refractivity contribution is 7.92. The number of carbonyl (C=O) groups is 2. The first-order valence-electron chi connectivity index (χ1n) is 16.3. The van der Waals surface area contributed by atoms with Gasteiger partial charge in [-0.1, -0.05) is 51.2 Å². The van der Waals surface area contributed by atoms with Gasteiger partial charge in [-0.05, 0) is 50.2 Å². The molecule has 5 rings (SSSR count). The van der Waals surface area contributed by atoms with Crippen molar-refractivity contribution in [1.29, 1.82) is 0 Å². The van der Waals surface area contributed by atoms with Crippen molar-refractivity contribution in [2.45, 2.75) is 95.6 Å². The molecule has 1 N–H and O–H groups in total. The molecule has 42 heavy (non-hydrogen) atoms. The smallest absolute Gasteiger partial charge is 0.410 e. The van der Waals surface area contributed by atoms with E-state index in [1.54, 1.807) is 24.3 Å². The molecule has 2 amide bonds. The summed E-state index contributed by atoms with van der Waals surface area (Å²) in [5.41, 5.74) is 0.361. The molecule has 1 spiro atoms. The van der Waals surface area contributed by atoms with Crippen LogP contribution in [0.3, 0.4) is 0 Å². The van der Waals surface area contributed by atoms with Gasteiger partial charge in [0.1, 0.15) is 5.60 Å². The number of hydrogen-bond acceptors (Lipinski definition) is 6. The number of anilines is 1. The summed E-state index contributed by atoms with van der Waals surface area (Å²) in [7, 11) is -3.48. The van der Waals surface area contributed by atoms with Gasteiger partial charge in [-0.25, -0.2) is 13.2 Å². The van der Waals surface area contributed by atoms with Gasteiger partial charge < -0.3 is 14.5 Å². The van der Waals surface area contributed by atoms with Crippen LogP contribution in [-0.2, 0) is 14.8 Å². The molecule has 0 radical (unpaired) electrons. The quantitative estimate of drug-likeness (QED) is 0.410. The van der Waals surface area contributed by atoms with Crippen molar-refractivity contribution in [2.75, 3.05) is 50.2 Å². The predicted molar refractivity (Wildman–Crippen MR) is 165 cm³/mol. The van der Waals surface area contributed by atoms with Gasteiger partial charge in [0.2, 0.25) is 10.0 Å². The number of benzene rings is 1. The predicted octanol–water partition coefficient (Wildman–Crippen LogP) is 5.34. The first-order chi connectivity index (χ1) is 20.2. The topological polar surface area (TPSA) is 99.3 Å². The molecule has 1 aromatic rings. The Bertz CT molecular complexity index is 1190. The Balaban J connectivity index is 1.16. The van der Waals surface area contributed by atoms with E-state index in [1.165, 1.54) is 38.5 Å². The van der Waals surface area contributed by atoms with E-state index >= 15 is 0 Å². The maximum Gasteiger partial charge on any atom is 0.410 e. The van der Waals surface area contributed by atoms with Crippen molar-refractivity contribution in [1.82, 2.24) is 14.7 Å². The summed E-state index contributed by atoms with van der Waals surface area (Å²) in [4.78, 5) is 33.0. The lowest BCUT2D eigenvalue weighted by Gasteiger charge is -2.52. The first-order valence-corrected chi connectivity index (χ1v) is 18.1. The van der Waals surface area contributed by atoms with Gasteiger partial charge in [-0.2, -0.15) is 0 Å². The van der Waals surface area contributed by atoms with Crippen LogP contribution in [0.25, 0.3) is 0 Å². The zero-order valence-electron chi connectivity index (χ0n) is 25.6. The second-order valence-electron chi connectivity index (χ2n) is 13.2. The van der Waals surface area contributed by atoms with Crippen LogP contribution in [0.4, 0.5) is 10.5 Å². The standard InChI is InChI=1S/C32H50N4O5S/c1-3-4-12-26-24-36(23-25-10-6-5-7-11-25)31(38)41-32(26)17-21-34(22-18-32)27-15-19-35(20-16-27)30(37)28-13-8-9-14-29(28)33-42(2,39)40/h8-9,13-14,25-27,33H,3-7,10-12,15-24H2,1-2H3. The lowest BCUT2D eigenvalue weighted by Crippen LogP contribution is -2.61. The van der Waals surface area contributed by atoms with Gasteiger partial charge in [-0.3, -0.25) is 14.4 Å². The van der Waals surface area contributed by atoms with Crippen molar-refractivity contribution in [3.05, 3.63) is 29.8 Å². The highest BCUT2D eigenvalue weighted by atomic mass is 32.2. The number of likely N-dealkylation sites (tertiary alicyclic amines) is 2. The SMILES string of the molecule is CCCCC1CN(CC2CCCCC2)C(=O)OC12CCN(C1CCN(C(=O)c3ccccc3NS(C)(=O)=O)CC1)CC2. The molecular weight excluding hydrogens is 552 g/mol. The van der Waals surface area contributed by atoms with Gasteiger partial charge in [0, 0.05) is 64.1 Å². The van der Waals surface area contributed by atoms with Crippen LogP contribution in [-0.4, -0.2) is 92.3 Å². The Morgan fingerprint density at radius 2 is 1.71 bits per heavy atom. The van der Waals surface area contributed by atoms with Gasteiger partial charge in [0.05, 0.1) is 17.5 Å². The van der Waals surface area contributed by atoms with Crippen molar-refractivity contribution in [3.63, 3.8) is 0 Å². The average molecular weight is 603 g/mol. The molecule has 1 atom stereocenters. The molecule has 4 aliphatic rings. The molecule has 0 aromatic heterocycles. The van der Waals surface area contributed by atoms with Gasteiger partial charge in [0.15, 0.2) is 0 Å². The number of rotatable bonds is 9. The fraction of sp³-hybridized carbons (Fsp3) is 0.750. The van der Waals surface area contributed by atoms with E-state index in [4.69, 9.17) is 4.74 Å². The lowest BCUT2D eigenvalue weighted by atomic mass is 9.75. The highest BCUT2D eigenvalue weighted by Crippen LogP contribution is 2.42. The molecule has 234 valence electrons. The fourth-order valence-electron chi connectivity index (χ4n) is 7.80. The summed E-state index contributed by atoms with van der Waals surface area (Å²) < 4.78 is 32.5. The van der Waals surface area contributed by atoms with Gasteiger partial charge in [-0.15, -0.1) is 0 Å². The number of piperidine rings is 2. The van der Waals surface area contributed by atoms with Crippen LogP contribution in [0.2, 0.25) is 0 Å². The summed E-state index contributed by atoms with van der Waals surface area (Å²) in [5, 5.41) is 0. The molecule has 1 aromatic carbocycles. The average Bonchev–Trinajstić information content (AvgIpc) is 2.98. The van der Waals surface area contributed by atoms with E-state index in [2.05, 4.69) is 16.5 Å². The Hall–Kier alpha value is -2.33. The Kier molecular flexibility index (Phi) is 10.0. The number of amides is 2. The zero-order chi connectivity index (χ0) is 29.7. The van der Waals surface area contributed by atoms with Gasteiger partial charge >= 0.3 is 6.09 Å². The van der Waals surface area contributed by atoms with Crippen LogP contribution >= 0.6 is 0 Å². The molecule has 1 aliphatic carbocycles. The minimum atomic E-state index is -3.48. The number of ether oxygens (including phenoxy) is 1. The van der Waals surface area contributed by atoms with Crippen LogP contribution in [0, 0.1) is 11.8 Å². The van der Waals surface area contributed by atoms with E-state index in [0.29, 0.717) is 42.2 Å². The number of carbonyl (C=O) groups excluding carboxylic acids is 2.